The molecule has 5 rings (SSSR count). The number of piperidine rings is 1. The van der Waals surface area contributed by atoms with Crippen molar-refractivity contribution in [1.29, 1.82) is 0 Å². The Balaban J connectivity index is 1.25. The van der Waals surface area contributed by atoms with Crippen molar-refractivity contribution in [2.75, 3.05) is 19.5 Å². The SMILES string of the molecule is COc1cc(Oc2cc(F)c(F)cc2Cl)ccc1NC(=O)OCc1ccc2c(c1OC)C(=O)N(C1CCC(=O)NC1=O)C2. The summed E-state index contributed by atoms with van der Waals surface area (Å²) in [7, 11) is 2.73. The third kappa shape index (κ3) is 6.02. The zero-order valence-corrected chi connectivity index (χ0v) is 23.6. The second kappa shape index (κ2) is 12.1. The van der Waals surface area contributed by atoms with Crippen LogP contribution in [0.15, 0.2) is 42.5 Å². The van der Waals surface area contributed by atoms with E-state index in [2.05, 4.69) is 10.6 Å². The lowest BCUT2D eigenvalue weighted by molar-refractivity contribution is -0.136. The highest BCUT2D eigenvalue weighted by Crippen LogP contribution is 2.37. The molecule has 0 saturated carbocycles. The number of nitrogens with one attached hydrogen (secondary N) is 2. The summed E-state index contributed by atoms with van der Waals surface area (Å²) < 4.78 is 48.7. The molecule has 2 aliphatic heterocycles. The van der Waals surface area contributed by atoms with E-state index in [9.17, 15) is 28.0 Å². The van der Waals surface area contributed by atoms with Crippen LogP contribution in [0, 0.1) is 11.6 Å². The van der Waals surface area contributed by atoms with Gasteiger partial charge in [-0.05, 0) is 30.2 Å². The van der Waals surface area contributed by atoms with E-state index in [4.69, 9.17) is 30.5 Å². The predicted octanol–water partition coefficient (Wildman–Crippen LogP) is 4.94. The highest BCUT2D eigenvalue weighted by molar-refractivity contribution is 6.32. The van der Waals surface area contributed by atoms with Crippen LogP contribution < -0.4 is 24.8 Å². The maximum atomic E-state index is 13.6. The minimum absolute atomic E-state index is 0.121. The van der Waals surface area contributed by atoms with Crippen molar-refractivity contribution in [3.8, 4) is 23.0 Å². The van der Waals surface area contributed by atoms with E-state index < -0.39 is 35.6 Å². The zero-order chi connectivity index (χ0) is 30.8. The van der Waals surface area contributed by atoms with E-state index in [0.29, 0.717) is 11.1 Å². The molecule has 4 amide bonds. The molecule has 1 fully saturated rings. The molecule has 0 bridgehead atoms. The first-order chi connectivity index (χ1) is 20.6. The van der Waals surface area contributed by atoms with E-state index in [-0.39, 0.29) is 71.2 Å². The molecule has 14 heteroatoms. The Morgan fingerprint density at radius 1 is 1.05 bits per heavy atom. The molecular weight excluding hydrogens is 592 g/mol. The van der Waals surface area contributed by atoms with Crippen molar-refractivity contribution >= 4 is 41.1 Å². The Labute approximate surface area is 248 Å². The second-order valence-electron chi connectivity index (χ2n) is 9.55. The number of carbonyl (C=O) groups is 4. The van der Waals surface area contributed by atoms with Gasteiger partial charge in [-0.1, -0.05) is 23.7 Å². The number of nitrogens with zero attached hydrogens (tertiary/aromatic N) is 1. The average molecular weight is 616 g/mol. The van der Waals surface area contributed by atoms with Crippen molar-refractivity contribution in [1.82, 2.24) is 10.2 Å². The molecule has 0 radical (unpaired) electrons. The number of fused-ring (bicyclic) bond motifs is 1. The standard InChI is InChI=1S/C29H24ClF2N3O8/c1-40-23-9-16(43-22-11-19(32)18(31)10-17(22)30)5-6-20(23)33-29(39)42-13-15-4-3-14-12-35(28(38)25(14)26(15)41-2)21-7-8-24(36)34-27(21)37/h3-6,9-11,21H,7-8,12-13H2,1-2H3,(H,33,39)(H,34,36,37). The summed E-state index contributed by atoms with van der Waals surface area (Å²) in [5.41, 5.74) is 1.52. The van der Waals surface area contributed by atoms with Gasteiger partial charge >= 0.3 is 6.09 Å². The molecule has 3 aromatic rings. The lowest BCUT2D eigenvalue weighted by Crippen LogP contribution is -2.52. The summed E-state index contributed by atoms with van der Waals surface area (Å²) in [6, 6.07) is 8.45. The van der Waals surface area contributed by atoms with Crippen LogP contribution in [0.25, 0.3) is 0 Å². The van der Waals surface area contributed by atoms with Crippen molar-refractivity contribution in [3.05, 3.63) is 75.8 Å². The van der Waals surface area contributed by atoms with Gasteiger partial charge in [-0.25, -0.2) is 13.6 Å². The van der Waals surface area contributed by atoms with E-state index >= 15 is 0 Å². The molecule has 0 spiro atoms. The fraction of sp³-hybridized carbons (Fsp3) is 0.241. The van der Waals surface area contributed by atoms with Crippen LogP contribution in [0.3, 0.4) is 0 Å². The summed E-state index contributed by atoms with van der Waals surface area (Å²) in [6.45, 7) is -0.0909. The summed E-state index contributed by atoms with van der Waals surface area (Å²) in [4.78, 5) is 51.2. The van der Waals surface area contributed by atoms with Gasteiger partial charge < -0.3 is 23.8 Å². The molecule has 1 unspecified atom stereocenters. The van der Waals surface area contributed by atoms with Crippen LogP contribution in [0.5, 0.6) is 23.0 Å². The molecule has 1 atom stereocenters. The van der Waals surface area contributed by atoms with E-state index in [1.807, 2.05) is 0 Å². The first-order valence-corrected chi connectivity index (χ1v) is 13.2. The van der Waals surface area contributed by atoms with Crippen molar-refractivity contribution in [2.24, 2.45) is 0 Å². The normalized spacial score (nSPS) is 16.0. The molecule has 2 heterocycles. The Morgan fingerprint density at radius 2 is 1.81 bits per heavy atom. The molecule has 43 heavy (non-hydrogen) atoms. The van der Waals surface area contributed by atoms with Gasteiger partial charge in [0.25, 0.3) is 5.91 Å². The fourth-order valence-electron chi connectivity index (χ4n) is 4.85. The number of hydrogen-bond acceptors (Lipinski definition) is 8. The van der Waals surface area contributed by atoms with Gasteiger partial charge in [0.1, 0.15) is 35.6 Å². The number of ether oxygens (including phenoxy) is 4. The number of methoxy groups -OCH3 is 2. The van der Waals surface area contributed by atoms with Crippen molar-refractivity contribution < 1.29 is 46.9 Å². The van der Waals surface area contributed by atoms with Gasteiger partial charge in [0, 0.05) is 30.7 Å². The van der Waals surface area contributed by atoms with Gasteiger partial charge in [-0.15, -0.1) is 0 Å². The molecule has 1 saturated heterocycles. The fourth-order valence-corrected chi connectivity index (χ4v) is 5.04. The number of anilines is 1. The largest absolute Gasteiger partial charge is 0.495 e. The minimum atomic E-state index is -1.14. The topological polar surface area (TPSA) is 132 Å². The number of rotatable bonds is 8. The van der Waals surface area contributed by atoms with Gasteiger partial charge in [-0.2, -0.15) is 0 Å². The number of imide groups is 1. The van der Waals surface area contributed by atoms with E-state index in [1.165, 1.54) is 37.3 Å². The van der Waals surface area contributed by atoms with Gasteiger partial charge in [0.05, 0.1) is 30.5 Å². The Bertz CT molecular complexity index is 1650. The van der Waals surface area contributed by atoms with Crippen LogP contribution >= 0.6 is 11.6 Å². The van der Waals surface area contributed by atoms with Crippen molar-refractivity contribution in [2.45, 2.75) is 32.0 Å². The summed E-state index contributed by atoms with van der Waals surface area (Å²) in [5, 5.41) is 4.66. The third-order valence-electron chi connectivity index (χ3n) is 6.90. The number of hydrogen-bond donors (Lipinski definition) is 2. The van der Waals surface area contributed by atoms with Gasteiger partial charge in [-0.3, -0.25) is 25.0 Å². The van der Waals surface area contributed by atoms with Crippen LogP contribution in [-0.2, 0) is 27.5 Å². The summed E-state index contributed by atoms with van der Waals surface area (Å²) >= 11 is 5.93. The quantitative estimate of drug-likeness (QED) is 0.269. The maximum Gasteiger partial charge on any atom is 0.412 e. The molecule has 2 aliphatic rings. The lowest BCUT2D eigenvalue weighted by atomic mass is 10.0. The molecule has 11 nitrogen and oxygen atoms in total. The van der Waals surface area contributed by atoms with Crippen molar-refractivity contribution in [3.63, 3.8) is 0 Å². The molecule has 224 valence electrons. The molecule has 0 aromatic heterocycles. The van der Waals surface area contributed by atoms with Gasteiger partial charge in [0.2, 0.25) is 11.8 Å². The van der Waals surface area contributed by atoms with Gasteiger partial charge in [0.15, 0.2) is 11.6 Å². The number of carbonyl (C=O) groups excluding carboxylic acids is 4. The van der Waals surface area contributed by atoms with Crippen LogP contribution in [0.4, 0.5) is 19.3 Å². The molecular formula is C29H24ClF2N3O8. The third-order valence-corrected chi connectivity index (χ3v) is 7.20. The number of halogens is 3. The van der Waals surface area contributed by atoms with Crippen LogP contribution in [-0.4, -0.2) is 49.0 Å². The first kappa shape index (κ1) is 29.6. The summed E-state index contributed by atoms with van der Waals surface area (Å²) in [6.07, 6.45) is -0.502. The molecule has 0 aliphatic carbocycles. The predicted molar refractivity (Wildman–Crippen MR) is 147 cm³/mol. The zero-order valence-electron chi connectivity index (χ0n) is 22.8. The monoisotopic (exact) mass is 615 g/mol. The smallest absolute Gasteiger partial charge is 0.412 e. The van der Waals surface area contributed by atoms with E-state index in [0.717, 1.165) is 12.1 Å². The molecule has 2 N–H and O–H groups in total. The highest BCUT2D eigenvalue weighted by Gasteiger charge is 2.41. The maximum absolute atomic E-state index is 13.6. The Morgan fingerprint density at radius 3 is 2.53 bits per heavy atom. The van der Waals surface area contributed by atoms with Crippen LogP contribution in [0.1, 0.15) is 34.3 Å². The molecule has 3 aromatic carbocycles. The number of benzene rings is 3. The average Bonchev–Trinajstić information content (AvgIpc) is 3.31. The lowest BCUT2D eigenvalue weighted by Gasteiger charge is -2.29. The van der Waals surface area contributed by atoms with E-state index in [1.54, 1.807) is 12.1 Å². The first-order valence-electron chi connectivity index (χ1n) is 12.9. The Hall–Kier alpha value is -4.91. The Kier molecular flexibility index (Phi) is 8.35. The number of amides is 4. The highest BCUT2D eigenvalue weighted by atomic mass is 35.5. The minimum Gasteiger partial charge on any atom is -0.495 e. The van der Waals surface area contributed by atoms with Crippen LogP contribution in [0.2, 0.25) is 5.02 Å². The second-order valence-corrected chi connectivity index (χ2v) is 9.96. The summed E-state index contributed by atoms with van der Waals surface area (Å²) in [5.74, 6) is -3.16.